The smallest absolute Gasteiger partial charge is 0.269 e. The van der Waals surface area contributed by atoms with Gasteiger partial charge in [0, 0.05) is 32.4 Å². The van der Waals surface area contributed by atoms with Crippen LogP contribution in [-0.4, -0.2) is 29.7 Å². The number of hydrogen-bond donors (Lipinski definition) is 0. The van der Waals surface area contributed by atoms with Crippen molar-refractivity contribution in [2.75, 3.05) is 14.1 Å². The second-order valence-electron chi connectivity index (χ2n) is 5.07. The van der Waals surface area contributed by atoms with Crippen molar-refractivity contribution in [1.29, 1.82) is 0 Å². The minimum atomic E-state index is -0.707. The highest BCUT2D eigenvalue weighted by molar-refractivity contribution is 5.98. The lowest BCUT2D eigenvalue weighted by molar-refractivity contribution is -0.384. The van der Waals surface area contributed by atoms with Gasteiger partial charge < -0.3 is 4.90 Å². The molecule has 0 heterocycles. The highest BCUT2D eigenvalue weighted by Gasteiger charge is 2.28. The molecule has 19 heavy (non-hydrogen) atoms. The van der Waals surface area contributed by atoms with Gasteiger partial charge in [-0.15, -0.1) is 0 Å². The number of benzene rings is 1. The predicted octanol–water partition coefficient (Wildman–Crippen LogP) is 2.52. The molecule has 0 aliphatic carbocycles. The highest BCUT2D eigenvalue weighted by Crippen LogP contribution is 2.26. The normalized spacial score (nSPS) is 11.6. The quantitative estimate of drug-likeness (QED) is 0.464. The molecule has 1 aromatic carbocycles. The molecule has 5 heteroatoms. The van der Waals surface area contributed by atoms with E-state index in [0.717, 1.165) is 5.56 Å². The summed E-state index contributed by atoms with van der Waals surface area (Å²) in [5.41, 5.74) is 0.0732. The van der Waals surface area contributed by atoms with Gasteiger partial charge in [0.15, 0.2) is 5.78 Å². The number of nitro benzene ring substituents is 1. The van der Waals surface area contributed by atoms with Gasteiger partial charge in [0.2, 0.25) is 0 Å². The summed E-state index contributed by atoms with van der Waals surface area (Å²) in [7, 11) is 3.67. The number of nitrogens with zero attached hydrogens (tertiary/aromatic N) is 2. The fourth-order valence-corrected chi connectivity index (χ4v) is 1.57. The van der Waals surface area contributed by atoms with Crippen LogP contribution in [0.15, 0.2) is 36.5 Å². The highest BCUT2D eigenvalue weighted by atomic mass is 16.6. The molecule has 102 valence electrons. The molecule has 0 spiro atoms. The van der Waals surface area contributed by atoms with Gasteiger partial charge in [-0.05, 0) is 25.5 Å². The van der Waals surface area contributed by atoms with Crippen LogP contribution in [0.1, 0.15) is 19.4 Å². The van der Waals surface area contributed by atoms with Gasteiger partial charge in [-0.25, -0.2) is 0 Å². The van der Waals surface area contributed by atoms with Gasteiger partial charge >= 0.3 is 0 Å². The van der Waals surface area contributed by atoms with E-state index in [-0.39, 0.29) is 11.5 Å². The molecule has 0 saturated carbocycles. The lowest BCUT2D eigenvalue weighted by Crippen LogP contribution is -2.27. The van der Waals surface area contributed by atoms with Gasteiger partial charge in [0.1, 0.15) is 0 Å². The number of carbonyl (C=O) groups is 1. The lowest BCUT2D eigenvalue weighted by Gasteiger charge is -2.22. The number of rotatable bonds is 5. The second kappa shape index (κ2) is 5.65. The van der Waals surface area contributed by atoms with E-state index in [1.54, 1.807) is 37.1 Å². The Balaban J connectivity index is 2.99. The minimum Gasteiger partial charge on any atom is -0.383 e. The van der Waals surface area contributed by atoms with Crippen molar-refractivity contribution in [3.63, 3.8) is 0 Å². The van der Waals surface area contributed by atoms with Crippen molar-refractivity contribution in [1.82, 2.24) is 4.90 Å². The molecule has 1 rings (SSSR count). The molecular formula is C14H18N2O3. The second-order valence-corrected chi connectivity index (χ2v) is 5.07. The number of nitro groups is 1. The average molecular weight is 262 g/mol. The Hall–Kier alpha value is -2.17. The van der Waals surface area contributed by atoms with Crippen molar-refractivity contribution >= 4 is 11.5 Å². The minimum absolute atomic E-state index is 0.0239. The standard InChI is InChI=1S/C14H18N2O3/c1-14(2,13(17)9-10-15(3)4)11-5-7-12(8-6-11)16(18)19/h5-10H,1-4H3/b10-9+. The summed E-state index contributed by atoms with van der Waals surface area (Å²) in [6.45, 7) is 3.60. The molecule has 0 radical (unpaired) electrons. The summed E-state index contributed by atoms with van der Waals surface area (Å²) in [6.07, 6.45) is 3.21. The molecule has 0 saturated heterocycles. The van der Waals surface area contributed by atoms with Crippen molar-refractivity contribution in [2.24, 2.45) is 0 Å². The Morgan fingerprint density at radius 1 is 1.26 bits per heavy atom. The Kier molecular flexibility index (Phi) is 4.43. The molecule has 0 atom stereocenters. The third-order valence-corrected chi connectivity index (χ3v) is 2.94. The molecule has 0 aliphatic rings. The molecule has 0 amide bonds. The number of carbonyl (C=O) groups excluding carboxylic acids is 1. The first-order valence-electron chi connectivity index (χ1n) is 5.89. The first kappa shape index (κ1) is 14.9. The van der Waals surface area contributed by atoms with E-state index in [2.05, 4.69) is 0 Å². The molecule has 0 N–H and O–H groups in total. The molecule has 1 aromatic rings. The zero-order valence-electron chi connectivity index (χ0n) is 11.6. The van der Waals surface area contributed by atoms with Crippen LogP contribution in [0.25, 0.3) is 0 Å². The maximum atomic E-state index is 12.1. The van der Waals surface area contributed by atoms with Crippen molar-refractivity contribution < 1.29 is 9.72 Å². The Morgan fingerprint density at radius 3 is 2.21 bits per heavy atom. The van der Waals surface area contributed by atoms with Gasteiger partial charge in [-0.2, -0.15) is 0 Å². The lowest BCUT2D eigenvalue weighted by atomic mass is 9.80. The van der Waals surface area contributed by atoms with Gasteiger partial charge in [-0.1, -0.05) is 12.1 Å². The van der Waals surface area contributed by atoms with Crippen molar-refractivity contribution in [3.8, 4) is 0 Å². The molecule has 0 aromatic heterocycles. The third kappa shape index (κ3) is 3.64. The number of hydrogen-bond acceptors (Lipinski definition) is 4. The molecule has 5 nitrogen and oxygen atoms in total. The van der Waals surface area contributed by atoms with Gasteiger partial charge in [0.05, 0.1) is 10.3 Å². The van der Waals surface area contributed by atoms with Crippen molar-refractivity contribution in [3.05, 3.63) is 52.2 Å². The molecule has 0 unspecified atom stereocenters. The topological polar surface area (TPSA) is 63.5 Å². The summed E-state index contributed by atoms with van der Waals surface area (Å²) in [4.78, 5) is 24.1. The van der Waals surface area contributed by atoms with Gasteiger partial charge in [0.25, 0.3) is 5.69 Å². The fraction of sp³-hybridized carbons (Fsp3) is 0.357. The van der Waals surface area contributed by atoms with E-state index in [9.17, 15) is 14.9 Å². The SMILES string of the molecule is CN(C)/C=C/C(=O)C(C)(C)c1ccc([N+](=O)[O-])cc1. The van der Waals surface area contributed by atoms with Crippen LogP contribution in [0, 0.1) is 10.1 Å². The van der Waals surface area contributed by atoms with Crippen LogP contribution in [-0.2, 0) is 10.2 Å². The van der Waals surface area contributed by atoms with Crippen LogP contribution in [0.3, 0.4) is 0 Å². The summed E-state index contributed by atoms with van der Waals surface area (Å²) in [5.74, 6) is -0.0462. The van der Waals surface area contributed by atoms with E-state index in [1.165, 1.54) is 18.2 Å². The van der Waals surface area contributed by atoms with Crippen LogP contribution in [0.5, 0.6) is 0 Å². The van der Waals surface area contributed by atoms with E-state index >= 15 is 0 Å². The van der Waals surface area contributed by atoms with E-state index in [4.69, 9.17) is 0 Å². The predicted molar refractivity (Wildman–Crippen MR) is 74.0 cm³/mol. The molecular weight excluding hydrogens is 244 g/mol. The van der Waals surface area contributed by atoms with Gasteiger partial charge in [-0.3, -0.25) is 14.9 Å². The third-order valence-electron chi connectivity index (χ3n) is 2.94. The van der Waals surface area contributed by atoms with E-state index in [0.29, 0.717) is 0 Å². The van der Waals surface area contributed by atoms with Crippen LogP contribution in [0.2, 0.25) is 0 Å². The van der Waals surface area contributed by atoms with Crippen LogP contribution in [0.4, 0.5) is 5.69 Å². The largest absolute Gasteiger partial charge is 0.383 e. The van der Waals surface area contributed by atoms with Crippen molar-refractivity contribution in [2.45, 2.75) is 19.3 Å². The zero-order valence-corrected chi connectivity index (χ0v) is 11.6. The maximum Gasteiger partial charge on any atom is 0.269 e. The average Bonchev–Trinajstić information content (AvgIpc) is 2.35. The molecule has 0 bridgehead atoms. The first-order chi connectivity index (χ1) is 8.75. The monoisotopic (exact) mass is 262 g/mol. The summed E-state index contributed by atoms with van der Waals surface area (Å²) in [5, 5.41) is 10.6. The fourth-order valence-electron chi connectivity index (χ4n) is 1.57. The number of ketones is 1. The number of allylic oxidation sites excluding steroid dienone is 1. The van der Waals surface area contributed by atoms with E-state index < -0.39 is 10.3 Å². The van der Waals surface area contributed by atoms with E-state index in [1.807, 2.05) is 14.1 Å². The summed E-state index contributed by atoms with van der Waals surface area (Å²) < 4.78 is 0. The first-order valence-corrected chi connectivity index (χ1v) is 5.89. The van der Waals surface area contributed by atoms with Crippen LogP contribution >= 0.6 is 0 Å². The molecule has 0 fully saturated rings. The Morgan fingerprint density at radius 2 is 1.79 bits per heavy atom. The maximum absolute atomic E-state index is 12.1. The zero-order chi connectivity index (χ0) is 14.6. The van der Waals surface area contributed by atoms with Crippen LogP contribution < -0.4 is 0 Å². The molecule has 0 aliphatic heterocycles. The Bertz CT molecular complexity index is 502. The Labute approximate surface area is 112 Å². The number of non-ortho nitro benzene ring substituents is 1. The summed E-state index contributed by atoms with van der Waals surface area (Å²) >= 11 is 0. The summed E-state index contributed by atoms with van der Waals surface area (Å²) in [6, 6.07) is 6.08.